The van der Waals surface area contributed by atoms with Crippen LogP contribution < -0.4 is 11.1 Å². The summed E-state index contributed by atoms with van der Waals surface area (Å²) in [5.74, 6) is -2.79. The molecule has 0 saturated carbocycles. The van der Waals surface area contributed by atoms with Gasteiger partial charge in [-0.15, -0.1) is 0 Å². The maximum absolute atomic E-state index is 13.2. The van der Waals surface area contributed by atoms with Gasteiger partial charge < -0.3 is 11.1 Å². The molecule has 0 aliphatic rings. The van der Waals surface area contributed by atoms with Crippen LogP contribution in [0.4, 0.5) is 20.2 Å². The number of hydrogen-bond acceptors (Lipinski definition) is 3. The second kappa shape index (κ2) is 5.01. The normalized spacial score (nSPS) is 10.3. The molecule has 0 atom stereocenters. The van der Waals surface area contributed by atoms with Gasteiger partial charge in [0.25, 0.3) is 5.91 Å². The minimum atomic E-state index is -1.19. The summed E-state index contributed by atoms with van der Waals surface area (Å²) < 4.78 is 26.1. The molecule has 0 aliphatic heterocycles. The number of aromatic nitrogens is 1. The standard InChI is InChI=1S/C13H11F2N3O/c1-7-3-2-4-10(17-7)13(19)18-9-6-5-8(14)11(15)12(9)16/h2-6H,16H2,1H3,(H,18,19). The number of halogens is 2. The van der Waals surface area contributed by atoms with Crippen molar-refractivity contribution in [2.45, 2.75) is 6.92 Å². The third kappa shape index (κ3) is 2.67. The molecule has 2 rings (SSSR count). The van der Waals surface area contributed by atoms with Crippen molar-refractivity contribution in [1.29, 1.82) is 0 Å². The first-order valence-corrected chi connectivity index (χ1v) is 5.47. The number of nitrogens with zero attached hydrogens (tertiary/aromatic N) is 1. The van der Waals surface area contributed by atoms with E-state index in [-0.39, 0.29) is 11.4 Å². The molecule has 98 valence electrons. The van der Waals surface area contributed by atoms with Crippen LogP contribution in [0.1, 0.15) is 16.2 Å². The Hall–Kier alpha value is -2.50. The molecular weight excluding hydrogens is 252 g/mol. The summed E-state index contributed by atoms with van der Waals surface area (Å²) in [6.07, 6.45) is 0. The third-order valence-electron chi connectivity index (χ3n) is 2.50. The third-order valence-corrected chi connectivity index (χ3v) is 2.50. The van der Waals surface area contributed by atoms with Crippen LogP contribution in [0, 0.1) is 18.6 Å². The van der Waals surface area contributed by atoms with E-state index in [0.717, 1.165) is 6.07 Å². The zero-order valence-corrected chi connectivity index (χ0v) is 10.1. The summed E-state index contributed by atoms with van der Waals surface area (Å²) in [4.78, 5) is 15.9. The smallest absolute Gasteiger partial charge is 0.274 e. The summed E-state index contributed by atoms with van der Waals surface area (Å²) in [5, 5.41) is 2.39. The van der Waals surface area contributed by atoms with Gasteiger partial charge >= 0.3 is 0 Å². The van der Waals surface area contributed by atoms with Gasteiger partial charge in [-0.3, -0.25) is 4.79 Å². The van der Waals surface area contributed by atoms with Crippen molar-refractivity contribution in [3.8, 4) is 0 Å². The van der Waals surface area contributed by atoms with Crippen molar-refractivity contribution in [1.82, 2.24) is 4.98 Å². The highest BCUT2D eigenvalue weighted by Gasteiger charge is 2.14. The summed E-state index contributed by atoms with van der Waals surface area (Å²) in [6.45, 7) is 1.74. The summed E-state index contributed by atoms with van der Waals surface area (Å²) >= 11 is 0. The topological polar surface area (TPSA) is 68.0 Å². The lowest BCUT2D eigenvalue weighted by Crippen LogP contribution is -2.15. The Labute approximate surface area is 108 Å². The Morgan fingerprint density at radius 1 is 1.26 bits per heavy atom. The Kier molecular flexibility index (Phi) is 3.41. The van der Waals surface area contributed by atoms with Crippen molar-refractivity contribution in [3.63, 3.8) is 0 Å². The largest absolute Gasteiger partial charge is 0.395 e. The number of nitrogens with two attached hydrogens (primary N) is 1. The van der Waals surface area contributed by atoms with Crippen LogP contribution in [0.25, 0.3) is 0 Å². The number of rotatable bonds is 2. The molecule has 0 fully saturated rings. The van der Waals surface area contributed by atoms with E-state index in [4.69, 9.17) is 5.73 Å². The summed E-state index contributed by atoms with van der Waals surface area (Å²) in [7, 11) is 0. The first-order valence-electron chi connectivity index (χ1n) is 5.47. The van der Waals surface area contributed by atoms with Gasteiger partial charge in [0.05, 0.1) is 11.4 Å². The van der Waals surface area contributed by atoms with E-state index < -0.39 is 23.2 Å². The predicted octanol–water partition coefficient (Wildman–Crippen LogP) is 2.50. The monoisotopic (exact) mass is 263 g/mol. The molecule has 4 nitrogen and oxygen atoms in total. The molecule has 3 N–H and O–H groups in total. The molecule has 1 aromatic heterocycles. The van der Waals surface area contributed by atoms with E-state index >= 15 is 0 Å². The molecule has 1 aromatic carbocycles. The lowest BCUT2D eigenvalue weighted by Gasteiger charge is -2.09. The van der Waals surface area contributed by atoms with Crippen LogP contribution in [0.5, 0.6) is 0 Å². The first-order chi connectivity index (χ1) is 8.99. The van der Waals surface area contributed by atoms with E-state index in [1.165, 1.54) is 12.1 Å². The Morgan fingerprint density at radius 2 is 2.00 bits per heavy atom. The number of nitrogen functional groups attached to an aromatic ring is 1. The number of anilines is 2. The number of nitrogens with one attached hydrogen (secondary N) is 1. The lowest BCUT2D eigenvalue weighted by molar-refractivity contribution is 0.102. The van der Waals surface area contributed by atoms with E-state index in [1.54, 1.807) is 19.1 Å². The van der Waals surface area contributed by atoms with Crippen LogP contribution >= 0.6 is 0 Å². The van der Waals surface area contributed by atoms with Gasteiger partial charge in [0.1, 0.15) is 5.69 Å². The van der Waals surface area contributed by atoms with Gasteiger partial charge in [0.2, 0.25) is 0 Å². The minimum absolute atomic E-state index is 0.00667. The van der Waals surface area contributed by atoms with E-state index in [9.17, 15) is 13.6 Å². The van der Waals surface area contributed by atoms with Crippen LogP contribution in [0.2, 0.25) is 0 Å². The van der Waals surface area contributed by atoms with Gasteiger partial charge in [0, 0.05) is 5.69 Å². The Morgan fingerprint density at radius 3 is 2.68 bits per heavy atom. The van der Waals surface area contributed by atoms with Gasteiger partial charge in [-0.2, -0.15) is 0 Å². The number of hydrogen-bond donors (Lipinski definition) is 2. The number of benzene rings is 1. The number of pyridine rings is 1. The molecule has 0 bridgehead atoms. The van der Waals surface area contributed by atoms with Crippen molar-refractivity contribution >= 4 is 17.3 Å². The molecule has 0 spiro atoms. The molecule has 1 heterocycles. The SMILES string of the molecule is Cc1cccc(C(=O)Nc2ccc(F)c(F)c2N)n1. The van der Waals surface area contributed by atoms with Gasteiger partial charge in [-0.25, -0.2) is 13.8 Å². The highest BCUT2D eigenvalue weighted by atomic mass is 19.2. The average Bonchev–Trinajstić information content (AvgIpc) is 2.39. The summed E-state index contributed by atoms with van der Waals surface area (Å²) in [5.41, 5.74) is 5.80. The molecule has 0 saturated heterocycles. The van der Waals surface area contributed by atoms with Crippen LogP contribution in [0.15, 0.2) is 30.3 Å². The van der Waals surface area contributed by atoms with Crippen LogP contribution in [-0.2, 0) is 0 Å². The molecule has 0 unspecified atom stereocenters. The minimum Gasteiger partial charge on any atom is -0.395 e. The van der Waals surface area contributed by atoms with Crippen LogP contribution in [0.3, 0.4) is 0 Å². The van der Waals surface area contributed by atoms with E-state index in [0.29, 0.717) is 5.69 Å². The number of aryl methyl sites for hydroxylation is 1. The Bertz CT molecular complexity index is 644. The zero-order valence-electron chi connectivity index (χ0n) is 10.1. The zero-order chi connectivity index (χ0) is 14.0. The van der Waals surface area contributed by atoms with Gasteiger partial charge in [-0.05, 0) is 31.2 Å². The number of carbonyl (C=O) groups excluding carboxylic acids is 1. The fraction of sp³-hybridized carbons (Fsp3) is 0.0769. The van der Waals surface area contributed by atoms with Gasteiger partial charge in [0.15, 0.2) is 11.6 Å². The maximum atomic E-state index is 13.2. The van der Waals surface area contributed by atoms with Crippen LogP contribution in [-0.4, -0.2) is 10.9 Å². The van der Waals surface area contributed by atoms with E-state index in [1.807, 2.05) is 0 Å². The molecule has 2 aromatic rings. The average molecular weight is 263 g/mol. The van der Waals surface area contributed by atoms with E-state index in [2.05, 4.69) is 10.3 Å². The van der Waals surface area contributed by atoms with Gasteiger partial charge in [-0.1, -0.05) is 6.07 Å². The summed E-state index contributed by atoms with van der Waals surface area (Å²) in [6, 6.07) is 7.01. The quantitative estimate of drug-likeness (QED) is 0.818. The maximum Gasteiger partial charge on any atom is 0.274 e. The molecule has 6 heteroatoms. The number of amides is 1. The van der Waals surface area contributed by atoms with Crippen molar-refractivity contribution < 1.29 is 13.6 Å². The molecule has 0 radical (unpaired) electrons. The number of carbonyl (C=O) groups is 1. The highest BCUT2D eigenvalue weighted by molar-refractivity contribution is 6.04. The van der Waals surface area contributed by atoms with Crippen molar-refractivity contribution in [2.24, 2.45) is 0 Å². The molecule has 19 heavy (non-hydrogen) atoms. The molecule has 0 aliphatic carbocycles. The fourth-order valence-corrected chi connectivity index (χ4v) is 1.53. The first kappa shape index (κ1) is 12.9. The fourth-order valence-electron chi connectivity index (χ4n) is 1.53. The Balaban J connectivity index is 2.27. The predicted molar refractivity (Wildman–Crippen MR) is 67.7 cm³/mol. The van der Waals surface area contributed by atoms with Crippen molar-refractivity contribution in [2.75, 3.05) is 11.1 Å². The van der Waals surface area contributed by atoms with Crippen molar-refractivity contribution in [3.05, 3.63) is 53.4 Å². The second-order valence-electron chi connectivity index (χ2n) is 3.94. The second-order valence-corrected chi connectivity index (χ2v) is 3.94. The highest BCUT2D eigenvalue weighted by Crippen LogP contribution is 2.24. The molecular formula is C13H11F2N3O. The molecule has 1 amide bonds. The lowest BCUT2D eigenvalue weighted by atomic mass is 10.2.